The molecular weight excluding hydrogens is 152 g/mol. The Morgan fingerprint density at radius 1 is 1.75 bits per heavy atom. The van der Waals surface area contributed by atoms with Crippen LogP contribution >= 0.6 is 0 Å². The van der Waals surface area contributed by atoms with Crippen molar-refractivity contribution in [3.05, 3.63) is 24.0 Å². The van der Waals surface area contributed by atoms with Crippen molar-refractivity contribution in [2.24, 2.45) is 0 Å². The second-order valence-electron chi connectivity index (χ2n) is 2.35. The molecule has 1 aromatic heterocycles. The molecule has 0 radical (unpaired) electrons. The Kier molecular flexibility index (Phi) is 2.53. The van der Waals surface area contributed by atoms with Gasteiger partial charge in [0.15, 0.2) is 6.10 Å². The summed E-state index contributed by atoms with van der Waals surface area (Å²) in [4.78, 5) is 0. The average Bonchev–Trinajstić information content (AvgIpc) is 2.52. The van der Waals surface area contributed by atoms with Crippen LogP contribution in [0.15, 0.2) is 18.5 Å². The fraction of sp³-hybridized carbons (Fsp3) is 0.222. The summed E-state index contributed by atoms with van der Waals surface area (Å²) in [5, 5.41) is 17.5. The van der Waals surface area contributed by atoms with Gasteiger partial charge in [-0.25, -0.2) is 0 Å². The SMILES string of the molecule is C#CCn1ccc(C(O)C#N)c1. The van der Waals surface area contributed by atoms with E-state index in [2.05, 4.69) is 5.92 Å². The van der Waals surface area contributed by atoms with E-state index in [1.54, 1.807) is 29.1 Å². The molecule has 1 aromatic rings. The second kappa shape index (κ2) is 3.61. The molecule has 0 bridgehead atoms. The molecule has 0 aliphatic carbocycles. The summed E-state index contributed by atoms with van der Waals surface area (Å²) in [6, 6.07) is 3.40. The first kappa shape index (κ1) is 8.39. The lowest BCUT2D eigenvalue weighted by Gasteiger charge is -1.95. The third-order valence-corrected chi connectivity index (χ3v) is 1.49. The molecule has 12 heavy (non-hydrogen) atoms. The van der Waals surface area contributed by atoms with E-state index < -0.39 is 6.10 Å². The number of terminal acetylenes is 1. The van der Waals surface area contributed by atoms with Crippen LogP contribution in [0.3, 0.4) is 0 Å². The quantitative estimate of drug-likeness (QED) is 0.510. The van der Waals surface area contributed by atoms with Gasteiger partial charge in [-0.1, -0.05) is 5.92 Å². The van der Waals surface area contributed by atoms with Crippen LogP contribution in [-0.2, 0) is 6.54 Å². The van der Waals surface area contributed by atoms with Crippen molar-refractivity contribution in [2.75, 3.05) is 0 Å². The highest BCUT2D eigenvalue weighted by Gasteiger charge is 2.05. The first-order valence-electron chi connectivity index (χ1n) is 3.44. The maximum atomic E-state index is 9.08. The Morgan fingerprint density at radius 3 is 3.08 bits per heavy atom. The Hall–Kier alpha value is -1.71. The van der Waals surface area contributed by atoms with Crippen LogP contribution in [-0.4, -0.2) is 9.67 Å². The van der Waals surface area contributed by atoms with Crippen molar-refractivity contribution in [1.29, 1.82) is 5.26 Å². The standard InChI is InChI=1S/C9H8N2O/c1-2-4-11-5-3-8(7-11)9(12)6-10/h1,3,5,7,9,12H,4H2. The summed E-state index contributed by atoms with van der Waals surface area (Å²) < 4.78 is 1.73. The van der Waals surface area contributed by atoms with Crippen LogP contribution < -0.4 is 0 Å². The number of rotatable bonds is 2. The lowest BCUT2D eigenvalue weighted by atomic mass is 10.2. The summed E-state index contributed by atoms with van der Waals surface area (Å²) in [6.45, 7) is 0.456. The van der Waals surface area contributed by atoms with E-state index in [0.717, 1.165) is 0 Å². The molecule has 0 amide bonds. The Labute approximate surface area is 70.9 Å². The van der Waals surface area contributed by atoms with Crippen LogP contribution in [0.5, 0.6) is 0 Å². The predicted octanol–water partition coefficient (Wildman–Crippen LogP) is 0.678. The van der Waals surface area contributed by atoms with Crippen LogP contribution in [0.1, 0.15) is 11.7 Å². The average molecular weight is 160 g/mol. The van der Waals surface area contributed by atoms with E-state index in [4.69, 9.17) is 16.8 Å². The van der Waals surface area contributed by atoms with Gasteiger partial charge in [0.1, 0.15) is 0 Å². The van der Waals surface area contributed by atoms with Gasteiger partial charge < -0.3 is 9.67 Å². The van der Waals surface area contributed by atoms with E-state index in [9.17, 15) is 0 Å². The van der Waals surface area contributed by atoms with Gasteiger partial charge in [0, 0.05) is 18.0 Å². The number of aromatic nitrogens is 1. The molecule has 3 heteroatoms. The Morgan fingerprint density at radius 2 is 2.50 bits per heavy atom. The molecule has 3 nitrogen and oxygen atoms in total. The number of aliphatic hydroxyl groups is 1. The molecule has 0 spiro atoms. The molecule has 0 aliphatic rings. The maximum Gasteiger partial charge on any atom is 0.167 e. The third-order valence-electron chi connectivity index (χ3n) is 1.49. The lowest BCUT2D eigenvalue weighted by Crippen LogP contribution is -1.93. The minimum atomic E-state index is -1.05. The highest BCUT2D eigenvalue weighted by atomic mass is 16.3. The molecule has 0 saturated heterocycles. The van der Waals surface area contributed by atoms with Crippen molar-refractivity contribution in [1.82, 2.24) is 4.57 Å². The van der Waals surface area contributed by atoms with Crippen LogP contribution in [0.2, 0.25) is 0 Å². The lowest BCUT2D eigenvalue weighted by molar-refractivity contribution is 0.236. The van der Waals surface area contributed by atoms with Gasteiger partial charge in [-0.2, -0.15) is 5.26 Å². The smallest absolute Gasteiger partial charge is 0.167 e. The number of aliphatic hydroxyl groups excluding tert-OH is 1. The fourth-order valence-corrected chi connectivity index (χ4v) is 0.899. The van der Waals surface area contributed by atoms with Gasteiger partial charge in [-0.05, 0) is 6.07 Å². The van der Waals surface area contributed by atoms with E-state index in [1.807, 2.05) is 0 Å². The van der Waals surface area contributed by atoms with Gasteiger partial charge in [0.05, 0.1) is 12.6 Å². The number of nitrogens with zero attached hydrogens (tertiary/aromatic N) is 2. The van der Waals surface area contributed by atoms with Crippen LogP contribution in [0, 0.1) is 23.7 Å². The number of nitriles is 1. The Balaban J connectivity index is 2.80. The van der Waals surface area contributed by atoms with Crippen molar-refractivity contribution >= 4 is 0 Å². The molecule has 0 fully saturated rings. The zero-order valence-electron chi connectivity index (χ0n) is 6.44. The van der Waals surface area contributed by atoms with E-state index >= 15 is 0 Å². The summed E-state index contributed by atoms with van der Waals surface area (Å²) in [5.74, 6) is 2.45. The molecule has 1 N–H and O–H groups in total. The number of hydrogen-bond donors (Lipinski definition) is 1. The molecule has 1 unspecified atom stereocenters. The highest BCUT2D eigenvalue weighted by Crippen LogP contribution is 2.11. The highest BCUT2D eigenvalue weighted by molar-refractivity contribution is 5.19. The third kappa shape index (κ3) is 1.66. The zero-order chi connectivity index (χ0) is 8.97. The van der Waals surface area contributed by atoms with Gasteiger partial charge in [0.2, 0.25) is 0 Å². The van der Waals surface area contributed by atoms with Crippen molar-refractivity contribution in [3.8, 4) is 18.4 Å². The van der Waals surface area contributed by atoms with Crippen LogP contribution in [0.4, 0.5) is 0 Å². The van der Waals surface area contributed by atoms with E-state index in [-0.39, 0.29) is 0 Å². The van der Waals surface area contributed by atoms with Gasteiger partial charge in [0.25, 0.3) is 0 Å². The number of hydrogen-bond acceptors (Lipinski definition) is 2. The molecule has 1 atom stereocenters. The predicted molar refractivity (Wildman–Crippen MR) is 43.8 cm³/mol. The van der Waals surface area contributed by atoms with Gasteiger partial charge in [-0.3, -0.25) is 0 Å². The minimum absolute atomic E-state index is 0.456. The normalized spacial score (nSPS) is 11.6. The first-order valence-corrected chi connectivity index (χ1v) is 3.44. The zero-order valence-corrected chi connectivity index (χ0v) is 6.44. The Bertz CT molecular complexity index is 340. The summed E-state index contributed by atoms with van der Waals surface area (Å²) >= 11 is 0. The topological polar surface area (TPSA) is 49.0 Å². The molecule has 0 aromatic carbocycles. The van der Waals surface area contributed by atoms with Crippen molar-refractivity contribution in [2.45, 2.75) is 12.6 Å². The molecule has 0 aliphatic heterocycles. The first-order chi connectivity index (χ1) is 5.77. The molecule has 1 rings (SSSR count). The molecular formula is C9H8N2O. The maximum absolute atomic E-state index is 9.08. The molecule has 60 valence electrons. The summed E-state index contributed by atoms with van der Waals surface area (Å²) in [5.41, 5.74) is 0.577. The van der Waals surface area contributed by atoms with Crippen LogP contribution in [0.25, 0.3) is 0 Å². The van der Waals surface area contributed by atoms with Gasteiger partial charge >= 0.3 is 0 Å². The van der Waals surface area contributed by atoms with Crippen molar-refractivity contribution in [3.63, 3.8) is 0 Å². The van der Waals surface area contributed by atoms with Crippen molar-refractivity contribution < 1.29 is 5.11 Å². The summed E-state index contributed by atoms with van der Waals surface area (Å²) in [6.07, 6.45) is 7.42. The largest absolute Gasteiger partial charge is 0.374 e. The summed E-state index contributed by atoms with van der Waals surface area (Å²) in [7, 11) is 0. The molecule has 0 saturated carbocycles. The second-order valence-corrected chi connectivity index (χ2v) is 2.35. The monoisotopic (exact) mass is 160 g/mol. The minimum Gasteiger partial charge on any atom is -0.374 e. The van der Waals surface area contributed by atoms with E-state index in [0.29, 0.717) is 12.1 Å². The van der Waals surface area contributed by atoms with E-state index in [1.165, 1.54) is 0 Å². The molecule has 1 heterocycles. The van der Waals surface area contributed by atoms with Gasteiger partial charge in [-0.15, -0.1) is 6.42 Å². The fourth-order valence-electron chi connectivity index (χ4n) is 0.899.